The fourth-order valence-corrected chi connectivity index (χ4v) is 2.60. The third-order valence-corrected chi connectivity index (χ3v) is 4.42. The fraction of sp³-hybridized carbons (Fsp3) is 0.933. The number of hydrogen-bond acceptors (Lipinski definition) is 3. The molecule has 0 aromatic rings. The van der Waals surface area contributed by atoms with Crippen molar-refractivity contribution in [2.75, 3.05) is 20.1 Å². The van der Waals surface area contributed by atoms with Gasteiger partial charge < -0.3 is 16.0 Å². The van der Waals surface area contributed by atoms with Crippen LogP contribution in [0.4, 0.5) is 0 Å². The normalized spacial score (nSPS) is 20.3. The van der Waals surface area contributed by atoms with Crippen molar-refractivity contribution >= 4 is 5.91 Å². The van der Waals surface area contributed by atoms with Crippen molar-refractivity contribution < 1.29 is 4.79 Å². The predicted octanol–water partition coefficient (Wildman–Crippen LogP) is 1.88. The third kappa shape index (κ3) is 5.49. The summed E-state index contributed by atoms with van der Waals surface area (Å²) < 4.78 is 0. The number of carbonyl (C=O) groups is 1. The molecule has 1 aliphatic rings. The lowest BCUT2D eigenvalue weighted by Gasteiger charge is -2.31. The zero-order valence-electron chi connectivity index (χ0n) is 12.9. The Labute approximate surface area is 118 Å². The fourth-order valence-electron chi connectivity index (χ4n) is 2.60. The Hall–Kier alpha value is -0.610. The molecular formula is C15H31N3O. The van der Waals surface area contributed by atoms with E-state index in [1.54, 1.807) is 6.92 Å². The van der Waals surface area contributed by atoms with Crippen LogP contribution in [-0.2, 0) is 4.79 Å². The van der Waals surface area contributed by atoms with E-state index >= 15 is 0 Å². The van der Waals surface area contributed by atoms with Gasteiger partial charge in [0.25, 0.3) is 0 Å². The second kappa shape index (κ2) is 7.85. The number of rotatable bonds is 7. The summed E-state index contributed by atoms with van der Waals surface area (Å²) in [6.07, 6.45) is 8.46. The van der Waals surface area contributed by atoms with Crippen LogP contribution in [0.15, 0.2) is 0 Å². The van der Waals surface area contributed by atoms with Crippen molar-refractivity contribution in [1.82, 2.24) is 10.2 Å². The van der Waals surface area contributed by atoms with Crippen molar-refractivity contribution in [3.05, 3.63) is 0 Å². The lowest BCUT2D eigenvalue weighted by Crippen LogP contribution is -2.51. The molecule has 1 atom stereocenters. The van der Waals surface area contributed by atoms with Gasteiger partial charge in [-0.3, -0.25) is 4.79 Å². The van der Waals surface area contributed by atoms with Gasteiger partial charge in [-0.05, 0) is 46.2 Å². The summed E-state index contributed by atoms with van der Waals surface area (Å²) in [4.78, 5) is 14.2. The lowest BCUT2D eigenvalue weighted by molar-refractivity contribution is -0.125. The van der Waals surface area contributed by atoms with E-state index in [0.29, 0.717) is 6.42 Å². The highest BCUT2D eigenvalue weighted by atomic mass is 16.2. The molecule has 112 valence electrons. The Balaban J connectivity index is 2.14. The van der Waals surface area contributed by atoms with Crippen LogP contribution in [0, 0.1) is 0 Å². The number of amides is 1. The van der Waals surface area contributed by atoms with Crippen molar-refractivity contribution in [3.8, 4) is 0 Å². The molecule has 4 heteroatoms. The molecule has 0 aromatic carbocycles. The van der Waals surface area contributed by atoms with Gasteiger partial charge in [0.2, 0.25) is 5.91 Å². The maximum atomic E-state index is 11.8. The largest absolute Gasteiger partial charge is 0.354 e. The molecule has 1 amide bonds. The topological polar surface area (TPSA) is 58.4 Å². The minimum absolute atomic E-state index is 0.0321. The maximum Gasteiger partial charge on any atom is 0.239 e. The Morgan fingerprint density at radius 3 is 2.58 bits per heavy atom. The SMILES string of the molecule is CCC(C)(N)C(=O)NCCCN(C)C1CCCCC1. The van der Waals surface area contributed by atoms with Crippen molar-refractivity contribution in [3.63, 3.8) is 0 Å². The average molecular weight is 269 g/mol. The third-order valence-electron chi connectivity index (χ3n) is 4.42. The van der Waals surface area contributed by atoms with E-state index in [1.165, 1.54) is 32.1 Å². The molecule has 0 bridgehead atoms. The number of hydrogen-bond donors (Lipinski definition) is 2. The van der Waals surface area contributed by atoms with Gasteiger partial charge in [-0.15, -0.1) is 0 Å². The van der Waals surface area contributed by atoms with Crippen LogP contribution in [0.5, 0.6) is 0 Å². The molecule has 1 aliphatic carbocycles. The molecule has 0 radical (unpaired) electrons. The molecule has 0 heterocycles. The highest BCUT2D eigenvalue weighted by molar-refractivity contribution is 5.85. The van der Waals surface area contributed by atoms with Gasteiger partial charge in [0.15, 0.2) is 0 Å². The van der Waals surface area contributed by atoms with E-state index in [4.69, 9.17) is 5.73 Å². The molecule has 3 N–H and O–H groups in total. The molecule has 0 saturated heterocycles. The van der Waals surface area contributed by atoms with E-state index in [2.05, 4.69) is 17.3 Å². The predicted molar refractivity (Wildman–Crippen MR) is 80.0 cm³/mol. The summed E-state index contributed by atoms with van der Waals surface area (Å²) in [7, 11) is 2.21. The minimum Gasteiger partial charge on any atom is -0.354 e. The summed E-state index contributed by atoms with van der Waals surface area (Å²) in [5.41, 5.74) is 5.17. The van der Waals surface area contributed by atoms with Gasteiger partial charge in [0.05, 0.1) is 5.54 Å². The lowest BCUT2D eigenvalue weighted by atomic mass is 9.94. The van der Waals surface area contributed by atoms with Crippen LogP contribution in [0.1, 0.15) is 58.8 Å². The van der Waals surface area contributed by atoms with E-state index in [-0.39, 0.29) is 5.91 Å². The van der Waals surface area contributed by atoms with Crippen LogP contribution in [0.3, 0.4) is 0 Å². The highest BCUT2D eigenvalue weighted by Crippen LogP contribution is 2.21. The van der Waals surface area contributed by atoms with E-state index in [0.717, 1.165) is 25.6 Å². The molecule has 1 rings (SSSR count). The highest BCUT2D eigenvalue weighted by Gasteiger charge is 2.25. The first-order valence-electron chi connectivity index (χ1n) is 7.75. The maximum absolute atomic E-state index is 11.8. The van der Waals surface area contributed by atoms with Gasteiger partial charge in [0, 0.05) is 12.6 Å². The van der Waals surface area contributed by atoms with Crippen LogP contribution in [0.2, 0.25) is 0 Å². The van der Waals surface area contributed by atoms with Crippen LogP contribution in [0.25, 0.3) is 0 Å². The van der Waals surface area contributed by atoms with E-state index in [1.807, 2.05) is 6.92 Å². The average Bonchev–Trinajstić information content (AvgIpc) is 2.43. The Morgan fingerprint density at radius 1 is 1.37 bits per heavy atom. The summed E-state index contributed by atoms with van der Waals surface area (Å²) >= 11 is 0. The molecular weight excluding hydrogens is 238 g/mol. The van der Waals surface area contributed by atoms with Crippen LogP contribution < -0.4 is 11.1 Å². The van der Waals surface area contributed by atoms with Gasteiger partial charge in [-0.2, -0.15) is 0 Å². The quantitative estimate of drug-likeness (QED) is 0.694. The molecule has 0 aliphatic heterocycles. The van der Waals surface area contributed by atoms with Crippen molar-refractivity contribution in [2.24, 2.45) is 5.73 Å². The summed E-state index contributed by atoms with van der Waals surface area (Å²) in [6, 6.07) is 0.750. The number of nitrogens with zero attached hydrogens (tertiary/aromatic N) is 1. The summed E-state index contributed by atoms with van der Waals surface area (Å²) in [5.74, 6) is -0.0321. The van der Waals surface area contributed by atoms with E-state index < -0.39 is 5.54 Å². The standard InChI is InChI=1S/C15H31N3O/c1-4-15(2,16)14(19)17-11-8-12-18(3)13-9-6-5-7-10-13/h13H,4-12,16H2,1-3H3,(H,17,19). The zero-order valence-corrected chi connectivity index (χ0v) is 12.9. The second-order valence-electron chi connectivity index (χ2n) is 6.15. The van der Waals surface area contributed by atoms with Gasteiger partial charge in [0.1, 0.15) is 0 Å². The first-order valence-corrected chi connectivity index (χ1v) is 7.75. The summed E-state index contributed by atoms with van der Waals surface area (Å²) in [5, 5.41) is 2.94. The number of nitrogens with two attached hydrogens (primary N) is 1. The molecule has 1 fully saturated rings. The smallest absolute Gasteiger partial charge is 0.239 e. The molecule has 19 heavy (non-hydrogen) atoms. The van der Waals surface area contributed by atoms with E-state index in [9.17, 15) is 4.79 Å². The molecule has 1 saturated carbocycles. The van der Waals surface area contributed by atoms with Crippen molar-refractivity contribution in [1.29, 1.82) is 0 Å². The first kappa shape index (κ1) is 16.4. The minimum atomic E-state index is -0.727. The molecule has 0 aromatic heterocycles. The molecule has 4 nitrogen and oxygen atoms in total. The van der Waals surface area contributed by atoms with Gasteiger partial charge in [-0.1, -0.05) is 26.2 Å². The second-order valence-corrected chi connectivity index (χ2v) is 6.15. The Kier molecular flexibility index (Phi) is 6.80. The zero-order chi connectivity index (χ0) is 14.3. The monoisotopic (exact) mass is 269 g/mol. The van der Waals surface area contributed by atoms with Gasteiger partial charge >= 0.3 is 0 Å². The Bertz CT molecular complexity index is 273. The van der Waals surface area contributed by atoms with Crippen LogP contribution >= 0.6 is 0 Å². The van der Waals surface area contributed by atoms with Crippen LogP contribution in [-0.4, -0.2) is 42.5 Å². The first-order chi connectivity index (χ1) is 8.97. The number of nitrogens with one attached hydrogen (secondary N) is 1. The molecule has 1 unspecified atom stereocenters. The Morgan fingerprint density at radius 2 is 2.00 bits per heavy atom. The summed E-state index contributed by atoms with van der Waals surface area (Å²) in [6.45, 7) is 5.51. The van der Waals surface area contributed by atoms with Gasteiger partial charge in [-0.25, -0.2) is 0 Å². The van der Waals surface area contributed by atoms with Crippen molar-refractivity contribution in [2.45, 2.75) is 70.4 Å². The number of carbonyl (C=O) groups excluding carboxylic acids is 1. The molecule has 0 spiro atoms.